The van der Waals surface area contributed by atoms with Gasteiger partial charge in [0.15, 0.2) is 0 Å². The maximum absolute atomic E-state index is 13.2. The third-order valence-corrected chi connectivity index (χ3v) is 7.26. The molecule has 3 fully saturated rings. The Labute approximate surface area is 232 Å². The lowest BCUT2D eigenvalue weighted by atomic mass is 10.0. The van der Waals surface area contributed by atoms with Crippen molar-refractivity contribution in [2.75, 3.05) is 13.1 Å². The second-order valence-corrected chi connectivity index (χ2v) is 11.3. The van der Waals surface area contributed by atoms with E-state index in [0.29, 0.717) is 25.8 Å². The number of hydrogen-bond donors (Lipinski definition) is 2. The molecule has 0 spiro atoms. The smallest absolute Gasteiger partial charge is 0.411 e. The summed E-state index contributed by atoms with van der Waals surface area (Å²) in [7, 11) is 0. The van der Waals surface area contributed by atoms with Crippen molar-refractivity contribution in [2.45, 2.75) is 76.4 Å². The second kappa shape index (κ2) is 11.2. The van der Waals surface area contributed by atoms with Gasteiger partial charge in [-0.05, 0) is 45.2 Å². The Bertz CT molecular complexity index is 1230. The Kier molecular flexibility index (Phi) is 7.66. The third kappa shape index (κ3) is 5.88. The highest BCUT2D eigenvalue weighted by molar-refractivity contribution is 5.92. The van der Waals surface area contributed by atoms with Crippen LogP contribution < -0.4 is 10.9 Å². The predicted molar refractivity (Wildman–Crippen MR) is 141 cm³/mol. The summed E-state index contributed by atoms with van der Waals surface area (Å²) >= 11 is 0. The van der Waals surface area contributed by atoms with Crippen LogP contribution in [0.1, 0.15) is 51.6 Å². The fraction of sp³-hybridized carbons (Fsp3) is 0.519. The van der Waals surface area contributed by atoms with Gasteiger partial charge in [-0.2, -0.15) is 10.2 Å². The second-order valence-electron chi connectivity index (χ2n) is 11.3. The first-order valence-electron chi connectivity index (χ1n) is 13.5. The number of piperidine rings is 1. The number of hydrogen-bond acceptors (Lipinski definition) is 7. The summed E-state index contributed by atoms with van der Waals surface area (Å²) in [5, 5.41) is 5.60. The average molecular weight is 554 g/mol. The molecule has 13 heteroatoms. The summed E-state index contributed by atoms with van der Waals surface area (Å²) in [5.74, 6) is -1.06. The van der Waals surface area contributed by atoms with Crippen molar-refractivity contribution < 1.29 is 28.8 Å². The third-order valence-electron chi connectivity index (χ3n) is 7.26. The summed E-state index contributed by atoms with van der Waals surface area (Å²) in [6.45, 7) is 6.10. The molecule has 13 nitrogen and oxygen atoms in total. The molecule has 4 atom stereocenters. The predicted octanol–water partition coefficient (Wildman–Crippen LogP) is 1.98. The van der Waals surface area contributed by atoms with Gasteiger partial charge in [0.25, 0.3) is 11.8 Å². The van der Waals surface area contributed by atoms with Crippen LogP contribution in [0.3, 0.4) is 0 Å². The highest BCUT2D eigenvalue weighted by Crippen LogP contribution is 2.31. The molecule has 1 aromatic heterocycles. The van der Waals surface area contributed by atoms with Gasteiger partial charge < -0.3 is 9.64 Å². The number of nitrogens with zero attached hydrogens (tertiary/aromatic N) is 5. The zero-order valence-electron chi connectivity index (χ0n) is 22.9. The van der Waals surface area contributed by atoms with E-state index in [9.17, 15) is 19.2 Å². The average Bonchev–Trinajstić information content (AvgIpc) is 3.66. The number of amides is 5. The molecule has 3 aliphatic rings. The maximum Gasteiger partial charge on any atom is 0.411 e. The van der Waals surface area contributed by atoms with Gasteiger partial charge in [-0.1, -0.05) is 30.3 Å². The summed E-state index contributed by atoms with van der Waals surface area (Å²) in [6.07, 6.45) is 4.10. The van der Waals surface area contributed by atoms with Gasteiger partial charge in [0, 0.05) is 31.9 Å². The van der Waals surface area contributed by atoms with Crippen LogP contribution in [0.2, 0.25) is 0 Å². The quantitative estimate of drug-likeness (QED) is 0.522. The summed E-state index contributed by atoms with van der Waals surface area (Å²) in [5.41, 5.74) is 5.13. The standard InChI is InChI=1S/C27H35N7O6/c1-27(2,3)40-26(38)32-16-20(33-13-7-12-28-33)14-22(32)24(36)30-29-23(35)21-11-10-19-15-31(21)25(37)34(19)39-17-18-8-5-4-6-9-18/h4-9,12-13,19-22H,10-11,14-17H2,1-3H3,(H,29,35)(H,30,36)/t19-,20-,21+,22+/m1/s1. The molecule has 3 saturated heterocycles. The number of hydroxylamine groups is 2. The lowest BCUT2D eigenvalue weighted by Crippen LogP contribution is -2.57. The Hall–Kier alpha value is -4.13. The number of carbonyl (C=O) groups excluding carboxylic acids is 4. The van der Waals surface area contributed by atoms with E-state index >= 15 is 0 Å². The van der Waals surface area contributed by atoms with Crippen LogP contribution in [0.25, 0.3) is 0 Å². The van der Waals surface area contributed by atoms with E-state index < -0.39 is 35.6 Å². The number of urea groups is 1. The van der Waals surface area contributed by atoms with Crippen molar-refractivity contribution in [1.82, 2.24) is 35.5 Å². The first-order chi connectivity index (χ1) is 19.1. The minimum absolute atomic E-state index is 0.144. The number of likely N-dealkylation sites (tertiary alicyclic amines) is 1. The van der Waals surface area contributed by atoms with Crippen molar-refractivity contribution >= 4 is 23.9 Å². The van der Waals surface area contributed by atoms with Crippen LogP contribution in [0.4, 0.5) is 9.59 Å². The molecule has 2 aromatic rings. The van der Waals surface area contributed by atoms with Crippen LogP contribution in [-0.4, -0.2) is 85.4 Å². The molecule has 0 radical (unpaired) electrons. The monoisotopic (exact) mass is 553 g/mol. The molecular formula is C27H35N7O6. The molecule has 5 amide bonds. The minimum Gasteiger partial charge on any atom is -0.444 e. The van der Waals surface area contributed by atoms with E-state index in [0.717, 1.165) is 5.56 Å². The maximum atomic E-state index is 13.2. The van der Waals surface area contributed by atoms with Crippen molar-refractivity contribution in [2.24, 2.45) is 0 Å². The van der Waals surface area contributed by atoms with E-state index in [-0.39, 0.29) is 31.3 Å². The summed E-state index contributed by atoms with van der Waals surface area (Å²) < 4.78 is 7.22. The van der Waals surface area contributed by atoms with E-state index in [2.05, 4.69) is 16.0 Å². The zero-order valence-corrected chi connectivity index (χ0v) is 22.9. The molecule has 2 N–H and O–H groups in total. The van der Waals surface area contributed by atoms with E-state index in [1.165, 1.54) is 14.9 Å². The molecule has 40 heavy (non-hydrogen) atoms. The number of benzene rings is 1. The first-order valence-corrected chi connectivity index (χ1v) is 13.5. The molecule has 3 aliphatic heterocycles. The summed E-state index contributed by atoms with van der Waals surface area (Å²) in [4.78, 5) is 60.9. The van der Waals surface area contributed by atoms with Crippen LogP contribution in [0.5, 0.6) is 0 Å². The van der Waals surface area contributed by atoms with Crippen LogP contribution in [0, 0.1) is 0 Å². The fourth-order valence-electron chi connectivity index (χ4n) is 5.35. The van der Waals surface area contributed by atoms with E-state index in [4.69, 9.17) is 9.57 Å². The Morgan fingerprint density at radius 2 is 1.70 bits per heavy atom. The number of rotatable bonds is 6. The molecule has 0 saturated carbocycles. The van der Waals surface area contributed by atoms with Gasteiger partial charge in [0.2, 0.25) is 0 Å². The van der Waals surface area contributed by atoms with E-state index in [1.807, 2.05) is 30.3 Å². The number of carbonyl (C=O) groups is 4. The lowest BCUT2D eigenvalue weighted by Gasteiger charge is -2.30. The van der Waals surface area contributed by atoms with Gasteiger partial charge in [-0.3, -0.25) is 34.9 Å². The molecule has 2 bridgehead atoms. The number of ether oxygens (including phenoxy) is 1. The van der Waals surface area contributed by atoms with Gasteiger partial charge >= 0.3 is 12.1 Å². The largest absolute Gasteiger partial charge is 0.444 e. The van der Waals surface area contributed by atoms with E-state index in [1.54, 1.807) is 43.9 Å². The number of fused-ring (bicyclic) bond motifs is 2. The van der Waals surface area contributed by atoms with Gasteiger partial charge in [-0.15, -0.1) is 0 Å². The number of hydrazine groups is 1. The van der Waals surface area contributed by atoms with Gasteiger partial charge in [-0.25, -0.2) is 9.59 Å². The Morgan fingerprint density at radius 3 is 2.38 bits per heavy atom. The zero-order chi connectivity index (χ0) is 28.4. The van der Waals surface area contributed by atoms with Crippen molar-refractivity contribution in [1.29, 1.82) is 0 Å². The molecule has 5 rings (SSSR count). The SMILES string of the molecule is CC(C)(C)OC(=O)N1C[C@H](n2cccn2)C[C@H]1C(=O)NNC(=O)[C@@H]1CC[C@@H]2CN1C(=O)N2OCc1ccccc1. The van der Waals surface area contributed by atoms with Gasteiger partial charge in [0.05, 0.1) is 12.1 Å². The molecule has 214 valence electrons. The summed E-state index contributed by atoms with van der Waals surface area (Å²) in [6, 6.07) is 8.93. The molecular weight excluding hydrogens is 518 g/mol. The topological polar surface area (TPSA) is 138 Å². The van der Waals surface area contributed by atoms with Crippen molar-refractivity contribution in [3.63, 3.8) is 0 Å². The molecule has 4 heterocycles. The fourth-order valence-corrected chi connectivity index (χ4v) is 5.35. The van der Waals surface area contributed by atoms with Crippen LogP contribution in [0.15, 0.2) is 48.8 Å². The highest BCUT2D eigenvalue weighted by atomic mass is 16.7. The highest BCUT2D eigenvalue weighted by Gasteiger charge is 2.48. The Balaban J connectivity index is 1.18. The lowest BCUT2D eigenvalue weighted by molar-refractivity contribution is -0.140. The number of nitrogens with one attached hydrogen (secondary N) is 2. The normalized spacial score (nSPS) is 24.3. The van der Waals surface area contributed by atoms with Gasteiger partial charge in [0.1, 0.15) is 24.3 Å². The van der Waals surface area contributed by atoms with Crippen molar-refractivity contribution in [3.05, 3.63) is 54.4 Å². The van der Waals surface area contributed by atoms with Crippen LogP contribution in [-0.2, 0) is 25.8 Å². The van der Waals surface area contributed by atoms with Crippen LogP contribution >= 0.6 is 0 Å². The van der Waals surface area contributed by atoms with Crippen molar-refractivity contribution in [3.8, 4) is 0 Å². The number of aromatic nitrogens is 2. The molecule has 0 unspecified atom stereocenters. The minimum atomic E-state index is -0.879. The molecule has 1 aromatic carbocycles. The molecule has 0 aliphatic carbocycles. The Morgan fingerprint density at radius 1 is 0.975 bits per heavy atom. The first kappa shape index (κ1) is 27.4.